The van der Waals surface area contributed by atoms with Gasteiger partial charge in [-0.15, -0.1) is 11.8 Å². The Morgan fingerprint density at radius 3 is 3.04 bits per heavy atom. The molecule has 2 amide bonds. The van der Waals surface area contributed by atoms with E-state index in [2.05, 4.69) is 4.98 Å². The van der Waals surface area contributed by atoms with Crippen LogP contribution in [0.2, 0.25) is 0 Å². The van der Waals surface area contributed by atoms with Gasteiger partial charge < -0.3 is 14.2 Å². The first-order valence-corrected chi connectivity index (χ1v) is 9.35. The highest BCUT2D eigenvalue weighted by Gasteiger charge is 2.30. The Labute approximate surface area is 144 Å². The van der Waals surface area contributed by atoms with Gasteiger partial charge in [0.2, 0.25) is 11.8 Å². The molecule has 2 saturated heterocycles. The predicted octanol–water partition coefficient (Wildman–Crippen LogP) is 2.07. The summed E-state index contributed by atoms with van der Waals surface area (Å²) in [6.45, 7) is 1.54. The first-order valence-electron chi connectivity index (χ1n) is 8.19. The molecular weight excluding hydrogens is 326 g/mol. The van der Waals surface area contributed by atoms with Crippen molar-refractivity contribution < 1.29 is 14.0 Å². The van der Waals surface area contributed by atoms with Crippen LogP contribution in [0.25, 0.3) is 11.1 Å². The molecule has 7 heteroatoms. The minimum atomic E-state index is 0.0201. The molecule has 3 heterocycles. The van der Waals surface area contributed by atoms with Gasteiger partial charge in [-0.05, 0) is 25.0 Å². The van der Waals surface area contributed by atoms with Crippen molar-refractivity contribution in [3.63, 3.8) is 0 Å². The van der Waals surface area contributed by atoms with Crippen molar-refractivity contribution in [3.05, 3.63) is 30.2 Å². The molecule has 1 aromatic carbocycles. The number of aromatic nitrogens is 1. The topological polar surface area (TPSA) is 66.7 Å². The monoisotopic (exact) mass is 345 g/mol. The van der Waals surface area contributed by atoms with Crippen LogP contribution in [0.5, 0.6) is 0 Å². The van der Waals surface area contributed by atoms with Crippen LogP contribution < -0.4 is 0 Å². The second-order valence-electron chi connectivity index (χ2n) is 6.27. The highest BCUT2D eigenvalue weighted by Crippen LogP contribution is 2.29. The van der Waals surface area contributed by atoms with Crippen molar-refractivity contribution in [2.45, 2.75) is 18.8 Å². The quantitative estimate of drug-likeness (QED) is 0.852. The molecule has 0 N–H and O–H groups in total. The van der Waals surface area contributed by atoms with E-state index >= 15 is 0 Å². The number of piperidine rings is 1. The van der Waals surface area contributed by atoms with Gasteiger partial charge in [-0.2, -0.15) is 0 Å². The molecule has 1 atom stereocenters. The summed E-state index contributed by atoms with van der Waals surface area (Å²) in [6, 6.07) is 7.72. The molecule has 4 rings (SSSR count). The number of amides is 2. The normalized spacial score (nSPS) is 21.7. The second-order valence-corrected chi connectivity index (χ2v) is 7.22. The molecule has 6 nitrogen and oxygen atoms in total. The average molecular weight is 345 g/mol. The highest BCUT2D eigenvalue weighted by molar-refractivity contribution is 8.00. The lowest BCUT2D eigenvalue weighted by Crippen LogP contribution is -2.45. The standard InChI is InChI=1S/C17H19N3O3S/c21-15(9-20-11-24-10-16(20)22)19-7-3-4-12(8-19)17-18-13-5-1-2-6-14(13)23-17/h1-2,5-6,12H,3-4,7-11H2/t12-/m0/s1. The van der Waals surface area contributed by atoms with Crippen molar-refractivity contribution in [2.75, 3.05) is 31.3 Å². The number of fused-ring (bicyclic) bond motifs is 1. The van der Waals surface area contributed by atoms with Crippen molar-refractivity contribution in [1.29, 1.82) is 0 Å². The Balaban J connectivity index is 1.45. The lowest BCUT2D eigenvalue weighted by atomic mass is 9.98. The fourth-order valence-electron chi connectivity index (χ4n) is 3.27. The number of hydrogen-bond donors (Lipinski definition) is 0. The van der Waals surface area contributed by atoms with Crippen molar-refractivity contribution in [1.82, 2.24) is 14.8 Å². The molecule has 2 aliphatic rings. The van der Waals surface area contributed by atoms with Gasteiger partial charge in [0.1, 0.15) is 12.1 Å². The van der Waals surface area contributed by atoms with Crippen molar-refractivity contribution in [2.24, 2.45) is 0 Å². The Morgan fingerprint density at radius 2 is 2.25 bits per heavy atom. The minimum absolute atomic E-state index is 0.0201. The smallest absolute Gasteiger partial charge is 0.242 e. The molecule has 0 spiro atoms. The van der Waals surface area contributed by atoms with Crippen LogP contribution in [0.3, 0.4) is 0 Å². The Bertz CT molecular complexity index is 742. The third-order valence-electron chi connectivity index (χ3n) is 4.59. The van der Waals surface area contributed by atoms with Gasteiger partial charge in [0.25, 0.3) is 0 Å². The Hall–Kier alpha value is -2.02. The van der Waals surface area contributed by atoms with E-state index in [1.165, 1.54) is 0 Å². The molecule has 0 unspecified atom stereocenters. The highest BCUT2D eigenvalue weighted by atomic mass is 32.2. The fourth-order valence-corrected chi connectivity index (χ4v) is 4.18. The largest absolute Gasteiger partial charge is 0.440 e. The third-order valence-corrected chi connectivity index (χ3v) is 5.53. The van der Waals surface area contributed by atoms with E-state index in [1.54, 1.807) is 16.7 Å². The molecule has 24 heavy (non-hydrogen) atoms. The SMILES string of the molecule is O=C1CSCN1CC(=O)N1CCC[C@H](c2nc3ccccc3o2)C1. The van der Waals surface area contributed by atoms with Crippen molar-refractivity contribution in [3.8, 4) is 0 Å². The number of rotatable bonds is 3. The number of oxazole rings is 1. The summed E-state index contributed by atoms with van der Waals surface area (Å²) in [5.74, 6) is 2.01. The molecule has 0 bridgehead atoms. The minimum Gasteiger partial charge on any atom is -0.440 e. The van der Waals surface area contributed by atoms with Gasteiger partial charge >= 0.3 is 0 Å². The van der Waals surface area contributed by atoms with Crippen molar-refractivity contribution >= 4 is 34.7 Å². The number of benzene rings is 1. The van der Waals surface area contributed by atoms with E-state index in [0.717, 1.165) is 30.5 Å². The zero-order valence-corrected chi connectivity index (χ0v) is 14.1. The van der Waals surface area contributed by atoms with Gasteiger partial charge in [0, 0.05) is 13.1 Å². The predicted molar refractivity (Wildman–Crippen MR) is 91.6 cm³/mol. The van der Waals surface area contributed by atoms with Gasteiger partial charge in [-0.3, -0.25) is 9.59 Å². The number of carbonyl (C=O) groups excluding carboxylic acids is 2. The lowest BCUT2D eigenvalue weighted by Gasteiger charge is -2.32. The third kappa shape index (κ3) is 3.00. The second kappa shape index (κ2) is 6.47. The van der Waals surface area contributed by atoms with Gasteiger partial charge in [-0.1, -0.05) is 12.1 Å². The fraction of sp³-hybridized carbons (Fsp3) is 0.471. The van der Waals surface area contributed by atoms with Crippen LogP contribution in [0.1, 0.15) is 24.7 Å². The van der Waals surface area contributed by atoms with E-state index in [0.29, 0.717) is 24.1 Å². The van der Waals surface area contributed by atoms with Crippen LogP contribution >= 0.6 is 11.8 Å². The molecule has 2 aromatic rings. The molecule has 2 fully saturated rings. The summed E-state index contributed by atoms with van der Waals surface area (Å²) in [5, 5.41) is 0. The Kier molecular flexibility index (Phi) is 4.18. The zero-order chi connectivity index (χ0) is 16.5. The number of para-hydroxylation sites is 2. The average Bonchev–Trinajstić information content (AvgIpc) is 3.21. The van der Waals surface area contributed by atoms with Crippen LogP contribution in [-0.4, -0.2) is 57.9 Å². The molecular formula is C17H19N3O3S. The molecule has 126 valence electrons. The van der Waals surface area contributed by atoms with Crippen LogP contribution in [0.15, 0.2) is 28.7 Å². The van der Waals surface area contributed by atoms with E-state index in [9.17, 15) is 9.59 Å². The van der Waals surface area contributed by atoms with Gasteiger partial charge in [0.05, 0.1) is 17.5 Å². The molecule has 0 radical (unpaired) electrons. The van der Waals surface area contributed by atoms with Crippen LogP contribution in [-0.2, 0) is 9.59 Å². The summed E-state index contributed by atoms with van der Waals surface area (Å²) >= 11 is 1.56. The van der Waals surface area contributed by atoms with E-state index in [1.807, 2.05) is 29.2 Å². The van der Waals surface area contributed by atoms with Gasteiger partial charge in [0.15, 0.2) is 11.5 Å². The summed E-state index contributed by atoms with van der Waals surface area (Å²) in [4.78, 5) is 32.3. The number of carbonyl (C=O) groups is 2. The van der Waals surface area contributed by atoms with E-state index in [-0.39, 0.29) is 24.3 Å². The number of hydrogen-bond acceptors (Lipinski definition) is 5. The first-order chi connectivity index (χ1) is 11.7. The Morgan fingerprint density at radius 1 is 1.38 bits per heavy atom. The summed E-state index contributed by atoms with van der Waals surface area (Å²) in [6.07, 6.45) is 1.90. The van der Waals surface area contributed by atoms with Gasteiger partial charge in [-0.25, -0.2) is 4.98 Å². The maximum atomic E-state index is 12.5. The molecule has 1 aromatic heterocycles. The van der Waals surface area contributed by atoms with Crippen LogP contribution in [0, 0.1) is 0 Å². The summed E-state index contributed by atoms with van der Waals surface area (Å²) < 4.78 is 5.87. The van der Waals surface area contributed by atoms with E-state index < -0.39 is 0 Å². The summed E-state index contributed by atoms with van der Waals surface area (Å²) in [5.41, 5.74) is 1.64. The first kappa shape index (κ1) is 15.5. The number of thioether (sulfide) groups is 1. The summed E-state index contributed by atoms with van der Waals surface area (Å²) in [7, 11) is 0. The maximum Gasteiger partial charge on any atom is 0.242 e. The maximum absolute atomic E-state index is 12.5. The lowest BCUT2D eigenvalue weighted by molar-refractivity contribution is -0.138. The molecule has 0 aliphatic carbocycles. The number of nitrogens with zero attached hydrogens (tertiary/aromatic N) is 3. The molecule has 2 aliphatic heterocycles. The zero-order valence-electron chi connectivity index (χ0n) is 13.3. The number of likely N-dealkylation sites (tertiary alicyclic amines) is 1. The van der Waals surface area contributed by atoms with Crippen LogP contribution in [0.4, 0.5) is 0 Å². The van der Waals surface area contributed by atoms with E-state index in [4.69, 9.17) is 4.42 Å². The molecule has 0 saturated carbocycles.